The first-order valence-corrected chi connectivity index (χ1v) is 8.11. The molecule has 0 spiro atoms. The summed E-state index contributed by atoms with van der Waals surface area (Å²) in [5.41, 5.74) is 2.47. The molecule has 20 heavy (non-hydrogen) atoms. The van der Waals surface area contributed by atoms with Crippen LogP contribution in [0.1, 0.15) is 33.8 Å². The van der Waals surface area contributed by atoms with Crippen molar-refractivity contribution in [2.24, 2.45) is 0 Å². The van der Waals surface area contributed by atoms with Gasteiger partial charge in [0, 0.05) is 15.9 Å². The molecule has 104 valence electrons. The van der Waals surface area contributed by atoms with Gasteiger partial charge in [0.25, 0.3) is 0 Å². The van der Waals surface area contributed by atoms with Crippen molar-refractivity contribution >= 4 is 38.9 Å². The number of carboxylic acids is 1. The molecule has 0 bridgehead atoms. The molecule has 1 aliphatic rings. The molecule has 2 aromatic rings. The lowest BCUT2D eigenvalue weighted by Gasteiger charge is -2.36. The van der Waals surface area contributed by atoms with Gasteiger partial charge in [-0.2, -0.15) is 0 Å². The highest BCUT2D eigenvalue weighted by molar-refractivity contribution is 9.10. The molecule has 0 saturated carbocycles. The van der Waals surface area contributed by atoms with Crippen LogP contribution in [-0.2, 0) is 6.42 Å². The van der Waals surface area contributed by atoms with E-state index >= 15 is 0 Å². The van der Waals surface area contributed by atoms with Crippen molar-refractivity contribution in [1.82, 2.24) is 0 Å². The second-order valence-electron chi connectivity index (χ2n) is 4.89. The number of benzene rings is 1. The summed E-state index contributed by atoms with van der Waals surface area (Å²) in [6.07, 6.45) is 0.975. The zero-order chi connectivity index (χ0) is 14.3. The number of halogens is 1. The Bertz CT molecular complexity index is 668. The Balaban J connectivity index is 2.06. The number of rotatable bonds is 2. The van der Waals surface area contributed by atoms with Crippen LogP contribution in [0, 0.1) is 0 Å². The summed E-state index contributed by atoms with van der Waals surface area (Å²) >= 11 is 5.23. The van der Waals surface area contributed by atoms with E-state index in [0.717, 1.165) is 23.1 Å². The molecule has 0 fully saturated rings. The van der Waals surface area contributed by atoms with Gasteiger partial charge in [-0.15, -0.1) is 11.3 Å². The minimum atomic E-state index is -0.879. The first-order valence-electron chi connectivity index (χ1n) is 6.43. The topological polar surface area (TPSA) is 40.5 Å². The second kappa shape index (κ2) is 5.22. The van der Waals surface area contributed by atoms with E-state index in [1.165, 1.54) is 10.4 Å². The maximum atomic E-state index is 11.4. The van der Waals surface area contributed by atoms with E-state index in [2.05, 4.69) is 39.2 Å². The lowest BCUT2D eigenvalue weighted by molar-refractivity contribution is 0.0697. The number of hydrogen-bond donors (Lipinski definition) is 1. The smallest absolute Gasteiger partial charge is 0.337 e. The quantitative estimate of drug-likeness (QED) is 0.875. The van der Waals surface area contributed by atoms with Crippen LogP contribution in [0.25, 0.3) is 0 Å². The Labute approximate surface area is 130 Å². The van der Waals surface area contributed by atoms with Crippen molar-refractivity contribution in [3.05, 3.63) is 50.1 Å². The van der Waals surface area contributed by atoms with Crippen LogP contribution in [-0.4, -0.2) is 17.6 Å². The van der Waals surface area contributed by atoms with E-state index in [9.17, 15) is 9.90 Å². The van der Waals surface area contributed by atoms with E-state index in [4.69, 9.17) is 0 Å². The standard InChI is InChI=1S/C15H14BrNO2S/c1-9-11-5-7-20-14(11)4-6-17(9)13-8-10(16)2-3-12(13)15(18)19/h2-3,5,7-9H,4,6H2,1H3,(H,18,19). The Hall–Kier alpha value is -1.33. The molecular formula is C15H14BrNO2S. The lowest BCUT2D eigenvalue weighted by atomic mass is 9.99. The van der Waals surface area contributed by atoms with Gasteiger partial charge in [0.1, 0.15) is 0 Å². The normalized spacial score (nSPS) is 17.9. The molecule has 0 radical (unpaired) electrons. The van der Waals surface area contributed by atoms with Crippen LogP contribution in [0.4, 0.5) is 5.69 Å². The van der Waals surface area contributed by atoms with Gasteiger partial charge >= 0.3 is 5.97 Å². The predicted molar refractivity (Wildman–Crippen MR) is 84.9 cm³/mol. The minimum Gasteiger partial charge on any atom is -0.478 e. The molecule has 1 aromatic carbocycles. The maximum Gasteiger partial charge on any atom is 0.337 e. The summed E-state index contributed by atoms with van der Waals surface area (Å²) < 4.78 is 0.904. The molecular weight excluding hydrogens is 338 g/mol. The van der Waals surface area contributed by atoms with Gasteiger partial charge in [0.15, 0.2) is 0 Å². The highest BCUT2D eigenvalue weighted by Gasteiger charge is 2.27. The van der Waals surface area contributed by atoms with E-state index in [1.807, 2.05) is 6.07 Å². The average Bonchev–Trinajstić information content (AvgIpc) is 2.88. The van der Waals surface area contributed by atoms with Gasteiger partial charge in [0.05, 0.1) is 17.3 Å². The van der Waals surface area contributed by atoms with Gasteiger partial charge < -0.3 is 10.0 Å². The lowest BCUT2D eigenvalue weighted by Crippen LogP contribution is -2.34. The highest BCUT2D eigenvalue weighted by Crippen LogP contribution is 2.38. The maximum absolute atomic E-state index is 11.4. The average molecular weight is 352 g/mol. The van der Waals surface area contributed by atoms with Crippen molar-refractivity contribution in [2.75, 3.05) is 11.4 Å². The molecule has 3 rings (SSSR count). The molecule has 1 N–H and O–H groups in total. The Morgan fingerprint density at radius 3 is 3.00 bits per heavy atom. The summed E-state index contributed by atoms with van der Waals surface area (Å²) in [6.45, 7) is 2.99. The summed E-state index contributed by atoms with van der Waals surface area (Å²) in [5, 5.41) is 11.5. The van der Waals surface area contributed by atoms with Crippen molar-refractivity contribution in [2.45, 2.75) is 19.4 Å². The third kappa shape index (κ3) is 2.25. The summed E-state index contributed by atoms with van der Waals surface area (Å²) in [7, 11) is 0. The molecule has 1 atom stereocenters. The predicted octanol–water partition coefficient (Wildman–Crippen LogP) is 4.33. The molecule has 3 nitrogen and oxygen atoms in total. The zero-order valence-electron chi connectivity index (χ0n) is 11.0. The number of anilines is 1. The van der Waals surface area contributed by atoms with Crippen LogP contribution in [0.15, 0.2) is 34.1 Å². The molecule has 2 heterocycles. The van der Waals surface area contributed by atoms with Crippen molar-refractivity contribution in [1.29, 1.82) is 0 Å². The molecule has 0 saturated heterocycles. The molecule has 1 aromatic heterocycles. The monoisotopic (exact) mass is 351 g/mol. The molecule has 5 heteroatoms. The number of carboxylic acid groups (broad SMARTS) is 1. The van der Waals surface area contributed by atoms with Crippen LogP contribution < -0.4 is 4.90 Å². The van der Waals surface area contributed by atoms with Crippen molar-refractivity contribution in [3.8, 4) is 0 Å². The summed E-state index contributed by atoms with van der Waals surface area (Å²) in [4.78, 5) is 15.0. The van der Waals surface area contributed by atoms with Crippen LogP contribution in [0.3, 0.4) is 0 Å². The first-order chi connectivity index (χ1) is 9.58. The third-order valence-corrected chi connectivity index (χ3v) is 5.27. The van der Waals surface area contributed by atoms with E-state index in [1.54, 1.807) is 23.5 Å². The van der Waals surface area contributed by atoms with Crippen LogP contribution >= 0.6 is 27.3 Å². The van der Waals surface area contributed by atoms with E-state index in [0.29, 0.717) is 5.56 Å². The van der Waals surface area contributed by atoms with E-state index < -0.39 is 5.97 Å². The summed E-state index contributed by atoms with van der Waals surface area (Å²) in [5.74, 6) is -0.879. The zero-order valence-corrected chi connectivity index (χ0v) is 13.4. The molecule has 0 aliphatic carbocycles. The Kier molecular flexibility index (Phi) is 3.56. The van der Waals surface area contributed by atoms with Gasteiger partial charge in [0.2, 0.25) is 0 Å². The number of fused-ring (bicyclic) bond motifs is 1. The van der Waals surface area contributed by atoms with Crippen LogP contribution in [0.5, 0.6) is 0 Å². The number of hydrogen-bond acceptors (Lipinski definition) is 3. The SMILES string of the molecule is CC1c2ccsc2CCN1c1cc(Br)ccc1C(=O)O. The molecule has 0 amide bonds. The van der Waals surface area contributed by atoms with Gasteiger partial charge in [-0.05, 0) is 48.6 Å². The van der Waals surface area contributed by atoms with Crippen molar-refractivity contribution in [3.63, 3.8) is 0 Å². The number of aromatic carboxylic acids is 1. The van der Waals surface area contributed by atoms with Gasteiger partial charge in [-0.3, -0.25) is 0 Å². The second-order valence-corrected chi connectivity index (χ2v) is 6.80. The molecule has 1 aliphatic heterocycles. The number of carbonyl (C=O) groups is 1. The molecule has 1 unspecified atom stereocenters. The fourth-order valence-corrected chi connectivity index (χ4v) is 4.07. The minimum absolute atomic E-state index is 0.206. The van der Waals surface area contributed by atoms with E-state index in [-0.39, 0.29) is 6.04 Å². The van der Waals surface area contributed by atoms with Crippen LogP contribution in [0.2, 0.25) is 0 Å². The van der Waals surface area contributed by atoms with Gasteiger partial charge in [-0.25, -0.2) is 4.79 Å². The Morgan fingerprint density at radius 1 is 1.45 bits per heavy atom. The number of thiophene rings is 1. The van der Waals surface area contributed by atoms with Gasteiger partial charge in [-0.1, -0.05) is 15.9 Å². The fourth-order valence-electron chi connectivity index (χ4n) is 2.76. The Morgan fingerprint density at radius 2 is 2.25 bits per heavy atom. The first kappa shape index (κ1) is 13.6. The van der Waals surface area contributed by atoms with Crippen molar-refractivity contribution < 1.29 is 9.90 Å². The largest absolute Gasteiger partial charge is 0.478 e. The number of nitrogens with zero attached hydrogens (tertiary/aromatic N) is 1. The highest BCUT2D eigenvalue weighted by atomic mass is 79.9. The summed E-state index contributed by atoms with van der Waals surface area (Å²) in [6, 6.07) is 7.69. The third-order valence-electron chi connectivity index (χ3n) is 3.78. The fraction of sp³-hybridized carbons (Fsp3) is 0.267.